The van der Waals surface area contributed by atoms with Crippen molar-refractivity contribution in [1.29, 1.82) is 0 Å². The zero-order valence-electron chi connectivity index (χ0n) is 6.93. The summed E-state index contributed by atoms with van der Waals surface area (Å²) >= 11 is 0. The monoisotopic (exact) mass is 136 g/mol. The Morgan fingerprint density at radius 1 is 1.20 bits per heavy atom. The standard InChI is InChI=1S/C10H16/c1-3-5-7-9-10-8-6-4-2/h3,6-8H,4,9-10H2,1-2H3. The smallest absolute Gasteiger partial charge is 0.0240 e. The zero-order chi connectivity index (χ0) is 7.66. The molecule has 0 nitrogen and oxygen atoms in total. The molecule has 0 radical (unpaired) electrons. The van der Waals surface area contributed by atoms with Gasteiger partial charge in [0.25, 0.3) is 0 Å². The first-order valence-electron chi connectivity index (χ1n) is 3.92. The quantitative estimate of drug-likeness (QED) is 0.315. The number of unbranched alkanes of at least 4 members (excludes halogenated alkanes) is 1. The van der Waals surface area contributed by atoms with E-state index in [0.29, 0.717) is 0 Å². The summed E-state index contributed by atoms with van der Waals surface area (Å²) in [5, 5.41) is 0. The lowest BCUT2D eigenvalue weighted by Crippen LogP contribution is -1.62. The van der Waals surface area contributed by atoms with Gasteiger partial charge in [0.1, 0.15) is 0 Å². The molecule has 0 N–H and O–H groups in total. The molecule has 0 saturated heterocycles. The summed E-state index contributed by atoms with van der Waals surface area (Å²) in [6.45, 7) is 4.14. The average molecular weight is 136 g/mol. The van der Waals surface area contributed by atoms with Crippen LogP contribution in [0.4, 0.5) is 0 Å². The van der Waals surface area contributed by atoms with Crippen LogP contribution in [0, 0.1) is 0 Å². The molecule has 0 bridgehead atoms. The van der Waals surface area contributed by atoms with Crippen LogP contribution in [-0.2, 0) is 0 Å². The predicted molar refractivity (Wildman–Crippen MR) is 47.0 cm³/mol. The average Bonchev–Trinajstić information content (AvgIpc) is 1.97. The van der Waals surface area contributed by atoms with Crippen molar-refractivity contribution in [2.75, 3.05) is 0 Å². The Hall–Kier alpha value is -0.740. The minimum atomic E-state index is 1.11. The number of hydrogen-bond donors (Lipinski definition) is 0. The number of rotatable bonds is 4. The van der Waals surface area contributed by atoms with E-state index in [4.69, 9.17) is 0 Å². The molecule has 0 saturated carbocycles. The highest BCUT2D eigenvalue weighted by atomic mass is 13.8. The first-order chi connectivity index (χ1) is 4.91. The summed E-state index contributed by atoms with van der Waals surface area (Å²) < 4.78 is 0. The van der Waals surface area contributed by atoms with Crippen LogP contribution in [0.2, 0.25) is 0 Å². The molecular formula is C10H16. The van der Waals surface area contributed by atoms with Gasteiger partial charge in [0.05, 0.1) is 0 Å². The van der Waals surface area contributed by atoms with E-state index in [0.717, 1.165) is 19.3 Å². The lowest BCUT2D eigenvalue weighted by Gasteiger charge is -1.82. The van der Waals surface area contributed by atoms with E-state index < -0.39 is 0 Å². The van der Waals surface area contributed by atoms with Gasteiger partial charge in [-0.15, -0.1) is 5.73 Å². The zero-order valence-corrected chi connectivity index (χ0v) is 6.93. The molecule has 10 heavy (non-hydrogen) atoms. The predicted octanol–water partition coefficient (Wildman–Crippen LogP) is 3.46. The SMILES string of the molecule is CC=C=CCCC=CCC. The molecule has 0 aromatic rings. The molecule has 0 aliphatic rings. The Bertz CT molecular complexity index is 134. The minimum absolute atomic E-state index is 1.11. The van der Waals surface area contributed by atoms with E-state index in [9.17, 15) is 0 Å². The lowest BCUT2D eigenvalue weighted by atomic mass is 10.2. The minimum Gasteiger partial charge on any atom is -0.130 e. The van der Waals surface area contributed by atoms with Gasteiger partial charge in [0.15, 0.2) is 0 Å². The number of hydrogen-bond acceptors (Lipinski definition) is 0. The van der Waals surface area contributed by atoms with Crippen LogP contribution in [0.5, 0.6) is 0 Å². The van der Waals surface area contributed by atoms with Gasteiger partial charge in [-0.3, -0.25) is 0 Å². The highest BCUT2D eigenvalue weighted by Crippen LogP contribution is 1.92. The summed E-state index contributed by atoms with van der Waals surface area (Å²) in [5.74, 6) is 0. The number of allylic oxidation sites excluding steroid dienone is 3. The van der Waals surface area contributed by atoms with Gasteiger partial charge in [-0.1, -0.05) is 19.1 Å². The van der Waals surface area contributed by atoms with Gasteiger partial charge in [-0.2, -0.15) is 0 Å². The third-order valence-electron chi connectivity index (χ3n) is 1.16. The Balaban J connectivity index is 3.20. The van der Waals surface area contributed by atoms with Crippen LogP contribution >= 0.6 is 0 Å². The van der Waals surface area contributed by atoms with E-state index in [1.165, 1.54) is 0 Å². The Labute approximate surface area is 64.0 Å². The van der Waals surface area contributed by atoms with Crippen LogP contribution < -0.4 is 0 Å². The molecule has 0 heterocycles. The molecule has 0 rings (SSSR count). The van der Waals surface area contributed by atoms with Gasteiger partial charge < -0.3 is 0 Å². The summed E-state index contributed by atoms with van der Waals surface area (Å²) in [6.07, 6.45) is 11.8. The second kappa shape index (κ2) is 8.26. The van der Waals surface area contributed by atoms with E-state index in [2.05, 4.69) is 30.9 Å². The lowest BCUT2D eigenvalue weighted by molar-refractivity contribution is 1.04. The topological polar surface area (TPSA) is 0 Å². The summed E-state index contributed by atoms with van der Waals surface area (Å²) in [4.78, 5) is 0. The summed E-state index contributed by atoms with van der Waals surface area (Å²) in [7, 11) is 0. The first kappa shape index (κ1) is 9.26. The molecule has 0 aliphatic heterocycles. The molecule has 56 valence electrons. The fraction of sp³-hybridized carbons (Fsp3) is 0.500. The van der Waals surface area contributed by atoms with E-state index in [1.807, 2.05) is 13.0 Å². The molecule has 0 heteroatoms. The molecule has 0 atom stereocenters. The van der Waals surface area contributed by atoms with Crippen molar-refractivity contribution in [2.45, 2.75) is 33.1 Å². The van der Waals surface area contributed by atoms with Crippen molar-refractivity contribution in [3.63, 3.8) is 0 Å². The second-order valence-electron chi connectivity index (χ2n) is 2.12. The van der Waals surface area contributed by atoms with Crippen molar-refractivity contribution < 1.29 is 0 Å². The van der Waals surface area contributed by atoms with Gasteiger partial charge in [-0.25, -0.2) is 0 Å². The van der Waals surface area contributed by atoms with Gasteiger partial charge in [0.2, 0.25) is 0 Å². The molecule has 0 aliphatic carbocycles. The fourth-order valence-electron chi connectivity index (χ4n) is 0.665. The van der Waals surface area contributed by atoms with Gasteiger partial charge >= 0.3 is 0 Å². The van der Waals surface area contributed by atoms with E-state index in [-0.39, 0.29) is 0 Å². The van der Waals surface area contributed by atoms with Crippen molar-refractivity contribution >= 4 is 0 Å². The molecule has 0 aromatic carbocycles. The van der Waals surface area contributed by atoms with Crippen LogP contribution in [0.3, 0.4) is 0 Å². The van der Waals surface area contributed by atoms with Crippen LogP contribution in [-0.4, -0.2) is 0 Å². The Kier molecular flexibility index (Phi) is 7.65. The van der Waals surface area contributed by atoms with Crippen molar-refractivity contribution in [3.8, 4) is 0 Å². The summed E-state index contributed by atoms with van der Waals surface area (Å²) in [6, 6.07) is 0. The van der Waals surface area contributed by atoms with E-state index >= 15 is 0 Å². The highest BCUT2D eigenvalue weighted by molar-refractivity contribution is 4.87. The maximum absolute atomic E-state index is 3.04. The Morgan fingerprint density at radius 3 is 2.60 bits per heavy atom. The van der Waals surface area contributed by atoms with Crippen molar-refractivity contribution in [1.82, 2.24) is 0 Å². The molecule has 0 fully saturated rings. The maximum Gasteiger partial charge on any atom is -0.0240 e. The normalized spacial score (nSPS) is 9.40. The Morgan fingerprint density at radius 2 is 2.00 bits per heavy atom. The van der Waals surface area contributed by atoms with Gasteiger partial charge in [0, 0.05) is 0 Å². The summed E-state index contributed by atoms with van der Waals surface area (Å²) in [5.41, 5.74) is 3.04. The van der Waals surface area contributed by atoms with Crippen molar-refractivity contribution in [3.05, 3.63) is 30.0 Å². The van der Waals surface area contributed by atoms with Crippen LogP contribution in [0.1, 0.15) is 33.1 Å². The van der Waals surface area contributed by atoms with Gasteiger partial charge in [-0.05, 0) is 38.3 Å². The third-order valence-corrected chi connectivity index (χ3v) is 1.16. The highest BCUT2D eigenvalue weighted by Gasteiger charge is 1.72. The molecule has 0 spiro atoms. The van der Waals surface area contributed by atoms with Crippen LogP contribution in [0.25, 0.3) is 0 Å². The molecule has 0 aromatic heterocycles. The fourth-order valence-corrected chi connectivity index (χ4v) is 0.665. The molecule has 0 amide bonds. The first-order valence-corrected chi connectivity index (χ1v) is 3.92. The van der Waals surface area contributed by atoms with Crippen LogP contribution in [0.15, 0.2) is 30.0 Å². The molecular weight excluding hydrogens is 120 g/mol. The van der Waals surface area contributed by atoms with Crippen molar-refractivity contribution in [2.24, 2.45) is 0 Å². The largest absolute Gasteiger partial charge is 0.130 e. The third kappa shape index (κ3) is 7.26. The van der Waals surface area contributed by atoms with E-state index in [1.54, 1.807) is 0 Å². The molecule has 0 unspecified atom stereocenters. The second-order valence-corrected chi connectivity index (χ2v) is 2.12. The maximum atomic E-state index is 3.04.